The molecule has 3 unspecified atom stereocenters. The summed E-state index contributed by atoms with van der Waals surface area (Å²) in [5.74, 6) is 0.169. The number of imide groups is 1. The molecule has 9 heteroatoms. The number of hydrogen-bond acceptors (Lipinski definition) is 7. The SMILES string of the molecule is C=CCOCC(O)CN1C(NC2CCCCC2)=NC2C1C(=O)NC(=O)N2C. The minimum atomic E-state index is -0.794. The summed E-state index contributed by atoms with van der Waals surface area (Å²) in [5.41, 5.74) is 0. The summed E-state index contributed by atoms with van der Waals surface area (Å²) in [6, 6.07) is -0.829. The van der Waals surface area contributed by atoms with Gasteiger partial charge in [0.15, 0.2) is 18.2 Å². The number of carbonyl (C=O) groups is 2. The van der Waals surface area contributed by atoms with Crippen LogP contribution in [0.15, 0.2) is 17.6 Å². The van der Waals surface area contributed by atoms with Crippen molar-refractivity contribution < 1.29 is 19.4 Å². The molecule has 1 saturated carbocycles. The maximum atomic E-state index is 12.5. The van der Waals surface area contributed by atoms with Gasteiger partial charge in [-0.25, -0.2) is 9.79 Å². The maximum Gasteiger partial charge on any atom is 0.325 e. The Hall–Kier alpha value is -2.13. The normalized spacial score (nSPS) is 27.1. The number of amides is 3. The van der Waals surface area contributed by atoms with Crippen molar-refractivity contribution in [2.75, 3.05) is 26.8 Å². The molecule has 2 fully saturated rings. The molecule has 9 nitrogen and oxygen atoms in total. The number of ether oxygens (including phenoxy) is 1. The van der Waals surface area contributed by atoms with Crippen molar-refractivity contribution in [1.29, 1.82) is 0 Å². The second-order valence-corrected chi connectivity index (χ2v) is 7.33. The van der Waals surface area contributed by atoms with Crippen LogP contribution in [0.5, 0.6) is 0 Å². The molecule has 3 N–H and O–H groups in total. The fraction of sp³-hybridized carbons (Fsp3) is 0.722. The van der Waals surface area contributed by atoms with Gasteiger partial charge in [-0.2, -0.15) is 0 Å². The molecule has 0 aromatic heterocycles. The Kier molecular flexibility index (Phi) is 6.33. The van der Waals surface area contributed by atoms with Gasteiger partial charge in [-0.15, -0.1) is 6.58 Å². The molecule has 0 aromatic rings. The van der Waals surface area contributed by atoms with Gasteiger partial charge in [0.25, 0.3) is 5.91 Å². The predicted molar refractivity (Wildman–Crippen MR) is 100 cm³/mol. The summed E-state index contributed by atoms with van der Waals surface area (Å²) in [6.45, 7) is 4.25. The van der Waals surface area contributed by atoms with E-state index in [1.165, 1.54) is 11.3 Å². The lowest BCUT2D eigenvalue weighted by atomic mass is 9.96. The van der Waals surface area contributed by atoms with E-state index >= 15 is 0 Å². The number of guanidine groups is 1. The first-order chi connectivity index (χ1) is 13.0. The van der Waals surface area contributed by atoms with Crippen molar-refractivity contribution in [3.63, 3.8) is 0 Å². The zero-order valence-electron chi connectivity index (χ0n) is 15.8. The first kappa shape index (κ1) is 19.6. The van der Waals surface area contributed by atoms with E-state index in [1.807, 2.05) is 0 Å². The van der Waals surface area contributed by atoms with Gasteiger partial charge >= 0.3 is 6.03 Å². The average Bonchev–Trinajstić information content (AvgIpc) is 2.99. The van der Waals surface area contributed by atoms with E-state index in [9.17, 15) is 14.7 Å². The number of aliphatic hydroxyl groups excluding tert-OH is 1. The van der Waals surface area contributed by atoms with Gasteiger partial charge in [0, 0.05) is 19.6 Å². The van der Waals surface area contributed by atoms with Gasteiger partial charge < -0.3 is 25.0 Å². The highest BCUT2D eigenvalue weighted by Gasteiger charge is 2.49. The highest BCUT2D eigenvalue weighted by molar-refractivity contribution is 6.03. The highest BCUT2D eigenvalue weighted by atomic mass is 16.5. The largest absolute Gasteiger partial charge is 0.389 e. The van der Waals surface area contributed by atoms with Gasteiger partial charge in [-0.05, 0) is 12.8 Å². The van der Waals surface area contributed by atoms with Crippen LogP contribution in [0.2, 0.25) is 0 Å². The summed E-state index contributed by atoms with van der Waals surface area (Å²) < 4.78 is 5.32. The molecule has 150 valence electrons. The Morgan fingerprint density at radius 2 is 2.15 bits per heavy atom. The second-order valence-electron chi connectivity index (χ2n) is 7.33. The standard InChI is InChI=1S/C18H29N5O4/c1-3-9-27-11-13(24)10-23-14-15(22(2)18(26)21-16(14)25)20-17(23)19-12-7-5-4-6-8-12/h3,12-15,24H,1,4-11H2,2H3,(H,19,20)(H,21,25,26). The molecule has 1 saturated heterocycles. The van der Waals surface area contributed by atoms with Crippen molar-refractivity contribution in [2.24, 2.45) is 4.99 Å². The smallest absolute Gasteiger partial charge is 0.325 e. The van der Waals surface area contributed by atoms with Gasteiger partial charge in [0.2, 0.25) is 0 Å². The number of likely N-dealkylation sites (N-methyl/N-ethyl adjacent to an activating group) is 1. The van der Waals surface area contributed by atoms with E-state index in [2.05, 4.69) is 22.2 Å². The number of nitrogens with zero attached hydrogens (tertiary/aromatic N) is 3. The highest BCUT2D eigenvalue weighted by Crippen LogP contribution is 2.25. The Morgan fingerprint density at radius 1 is 1.41 bits per heavy atom. The van der Waals surface area contributed by atoms with Crippen molar-refractivity contribution in [2.45, 2.75) is 56.5 Å². The number of rotatable bonds is 7. The van der Waals surface area contributed by atoms with Crippen molar-refractivity contribution in [3.8, 4) is 0 Å². The van der Waals surface area contributed by atoms with Crippen LogP contribution < -0.4 is 10.6 Å². The predicted octanol–water partition coefficient (Wildman–Crippen LogP) is 0.0201. The van der Waals surface area contributed by atoms with Crippen molar-refractivity contribution >= 4 is 17.9 Å². The van der Waals surface area contributed by atoms with Crippen LogP contribution in [0.4, 0.5) is 4.79 Å². The number of β-amino-alcohol motifs (C(OH)–C–C–N with tert-alkyl or cyclic N) is 1. The van der Waals surface area contributed by atoms with Gasteiger partial charge in [0.05, 0.1) is 19.3 Å². The molecule has 3 aliphatic rings. The molecule has 0 radical (unpaired) electrons. The number of hydrogen-bond donors (Lipinski definition) is 3. The van der Waals surface area contributed by atoms with Crippen LogP contribution in [-0.4, -0.2) is 84.0 Å². The Bertz CT molecular complexity index is 605. The fourth-order valence-corrected chi connectivity index (χ4v) is 3.84. The van der Waals surface area contributed by atoms with Crippen LogP contribution in [0, 0.1) is 0 Å². The fourth-order valence-electron chi connectivity index (χ4n) is 3.84. The molecular formula is C18H29N5O4. The van der Waals surface area contributed by atoms with E-state index in [0.29, 0.717) is 18.6 Å². The van der Waals surface area contributed by atoms with Crippen LogP contribution in [-0.2, 0) is 9.53 Å². The van der Waals surface area contributed by atoms with Crippen LogP contribution in [0.3, 0.4) is 0 Å². The van der Waals surface area contributed by atoms with E-state index in [-0.39, 0.29) is 13.2 Å². The molecular weight excluding hydrogens is 350 g/mol. The topological polar surface area (TPSA) is 106 Å². The summed E-state index contributed by atoms with van der Waals surface area (Å²) in [7, 11) is 1.62. The number of aliphatic hydroxyl groups is 1. The lowest BCUT2D eigenvalue weighted by molar-refractivity contribution is -0.127. The number of nitrogens with one attached hydrogen (secondary N) is 2. The quantitative estimate of drug-likeness (QED) is 0.425. The molecule has 1 aliphatic carbocycles. The Balaban J connectivity index is 1.74. The van der Waals surface area contributed by atoms with Crippen molar-refractivity contribution in [1.82, 2.24) is 20.4 Å². The first-order valence-electron chi connectivity index (χ1n) is 9.56. The zero-order valence-corrected chi connectivity index (χ0v) is 15.8. The summed E-state index contributed by atoms with van der Waals surface area (Å²) in [4.78, 5) is 32.3. The van der Waals surface area contributed by atoms with Gasteiger partial charge in [0.1, 0.15) is 0 Å². The van der Waals surface area contributed by atoms with Gasteiger partial charge in [-0.3, -0.25) is 10.1 Å². The van der Waals surface area contributed by atoms with Crippen LogP contribution >= 0.6 is 0 Å². The molecule has 0 bridgehead atoms. The van der Waals surface area contributed by atoms with Crippen LogP contribution in [0.1, 0.15) is 32.1 Å². The number of fused-ring (bicyclic) bond motifs is 1. The van der Waals surface area contributed by atoms with E-state index in [1.54, 1.807) is 18.0 Å². The molecule has 2 aliphatic heterocycles. The molecule has 3 amide bonds. The van der Waals surface area contributed by atoms with E-state index < -0.39 is 30.2 Å². The third kappa shape index (κ3) is 4.41. The number of aliphatic imine (C=N–C) groups is 1. The minimum absolute atomic E-state index is 0.132. The maximum absolute atomic E-state index is 12.5. The molecule has 3 rings (SSSR count). The molecule has 2 heterocycles. The minimum Gasteiger partial charge on any atom is -0.389 e. The molecule has 3 atom stereocenters. The van der Waals surface area contributed by atoms with Gasteiger partial charge in [-0.1, -0.05) is 25.3 Å². The number of urea groups is 1. The third-order valence-electron chi connectivity index (χ3n) is 5.25. The molecule has 0 spiro atoms. The van der Waals surface area contributed by atoms with Crippen molar-refractivity contribution in [3.05, 3.63) is 12.7 Å². The van der Waals surface area contributed by atoms with Crippen LogP contribution in [0.25, 0.3) is 0 Å². The van der Waals surface area contributed by atoms with E-state index in [4.69, 9.17) is 4.74 Å². The second kappa shape index (κ2) is 8.71. The summed E-state index contributed by atoms with van der Waals surface area (Å²) in [5, 5.41) is 16.2. The lowest BCUT2D eigenvalue weighted by Crippen LogP contribution is -2.65. The zero-order chi connectivity index (χ0) is 19.4. The molecule has 27 heavy (non-hydrogen) atoms. The monoisotopic (exact) mass is 379 g/mol. The first-order valence-corrected chi connectivity index (χ1v) is 9.56. The summed E-state index contributed by atoms with van der Waals surface area (Å²) >= 11 is 0. The number of carbonyl (C=O) groups excluding carboxylic acids is 2. The molecule has 0 aromatic carbocycles. The Morgan fingerprint density at radius 3 is 2.85 bits per heavy atom. The summed E-state index contributed by atoms with van der Waals surface area (Å²) in [6.07, 6.45) is 5.88. The third-order valence-corrected chi connectivity index (χ3v) is 5.25. The lowest BCUT2D eigenvalue weighted by Gasteiger charge is -2.37. The average molecular weight is 379 g/mol. The Labute approximate surface area is 159 Å². The van der Waals surface area contributed by atoms with E-state index in [0.717, 1.165) is 25.7 Å².